The van der Waals surface area contributed by atoms with E-state index in [9.17, 15) is 9.18 Å². The maximum Gasteiger partial charge on any atom is 0.407 e. The third kappa shape index (κ3) is 3.05. The Morgan fingerprint density at radius 3 is 2.81 bits per heavy atom. The lowest BCUT2D eigenvalue weighted by atomic mass is 9.98. The molecule has 110 valence electrons. The highest BCUT2D eigenvalue weighted by Crippen LogP contribution is 2.32. The summed E-state index contributed by atoms with van der Waals surface area (Å²) >= 11 is 1.57. The molecule has 0 bridgehead atoms. The summed E-state index contributed by atoms with van der Waals surface area (Å²) in [5.74, 6) is 0.0322. The van der Waals surface area contributed by atoms with E-state index in [1.165, 1.54) is 17.0 Å². The van der Waals surface area contributed by atoms with Gasteiger partial charge in [-0.1, -0.05) is 12.1 Å². The SMILES string of the molecule is O=C(O)N1CCC(c2nc(-c3cccc(F)c3)cs2)CC1. The highest BCUT2D eigenvalue weighted by molar-refractivity contribution is 7.10. The van der Waals surface area contributed by atoms with Crippen LogP contribution in [-0.2, 0) is 0 Å². The van der Waals surface area contributed by atoms with Crippen molar-refractivity contribution in [3.8, 4) is 11.3 Å². The minimum absolute atomic E-state index is 0.267. The second-order valence-corrected chi connectivity index (χ2v) is 6.01. The number of piperidine rings is 1. The van der Waals surface area contributed by atoms with Crippen LogP contribution in [0.15, 0.2) is 29.6 Å². The Balaban J connectivity index is 1.73. The third-order valence-corrected chi connectivity index (χ3v) is 4.76. The van der Waals surface area contributed by atoms with Crippen molar-refractivity contribution in [3.63, 3.8) is 0 Å². The average molecular weight is 306 g/mol. The van der Waals surface area contributed by atoms with Gasteiger partial charge in [-0.15, -0.1) is 11.3 Å². The van der Waals surface area contributed by atoms with Crippen molar-refractivity contribution in [2.45, 2.75) is 18.8 Å². The molecule has 3 rings (SSSR count). The van der Waals surface area contributed by atoms with Crippen LogP contribution in [0.5, 0.6) is 0 Å². The van der Waals surface area contributed by atoms with Crippen LogP contribution in [0, 0.1) is 5.82 Å². The number of likely N-dealkylation sites (tertiary alicyclic amines) is 1. The van der Waals surface area contributed by atoms with Gasteiger partial charge in [-0.25, -0.2) is 14.2 Å². The first-order valence-electron chi connectivity index (χ1n) is 6.83. The number of nitrogens with zero attached hydrogens (tertiary/aromatic N) is 2. The Labute approximate surface area is 125 Å². The van der Waals surface area contributed by atoms with Gasteiger partial charge in [-0.2, -0.15) is 0 Å². The molecule has 1 N–H and O–H groups in total. The molecule has 1 amide bonds. The lowest BCUT2D eigenvalue weighted by Gasteiger charge is -2.28. The monoisotopic (exact) mass is 306 g/mol. The number of benzene rings is 1. The molecule has 0 aliphatic carbocycles. The molecule has 1 aromatic carbocycles. The minimum Gasteiger partial charge on any atom is -0.465 e. The maximum atomic E-state index is 13.2. The zero-order valence-electron chi connectivity index (χ0n) is 11.3. The van der Waals surface area contributed by atoms with Crippen LogP contribution in [0.25, 0.3) is 11.3 Å². The summed E-state index contributed by atoms with van der Waals surface area (Å²) in [7, 11) is 0. The van der Waals surface area contributed by atoms with E-state index in [4.69, 9.17) is 5.11 Å². The molecule has 1 aliphatic heterocycles. The third-order valence-electron chi connectivity index (χ3n) is 3.76. The summed E-state index contributed by atoms with van der Waals surface area (Å²) in [6.07, 6.45) is 0.734. The van der Waals surface area contributed by atoms with Gasteiger partial charge in [-0.05, 0) is 25.0 Å². The van der Waals surface area contributed by atoms with E-state index < -0.39 is 6.09 Å². The van der Waals surface area contributed by atoms with E-state index in [2.05, 4.69) is 4.98 Å². The summed E-state index contributed by atoms with van der Waals surface area (Å²) < 4.78 is 13.2. The van der Waals surface area contributed by atoms with Gasteiger partial charge in [0.25, 0.3) is 0 Å². The molecule has 0 saturated carbocycles. The second-order valence-electron chi connectivity index (χ2n) is 5.13. The number of rotatable bonds is 2. The quantitative estimate of drug-likeness (QED) is 0.918. The van der Waals surface area contributed by atoms with Crippen molar-refractivity contribution in [2.75, 3.05) is 13.1 Å². The van der Waals surface area contributed by atoms with Crippen molar-refractivity contribution >= 4 is 17.4 Å². The van der Waals surface area contributed by atoms with Crippen molar-refractivity contribution in [1.29, 1.82) is 0 Å². The molecule has 0 atom stereocenters. The van der Waals surface area contributed by atoms with Crippen molar-refractivity contribution in [3.05, 3.63) is 40.5 Å². The molecule has 1 aliphatic rings. The molecule has 0 spiro atoms. The lowest BCUT2D eigenvalue weighted by molar-refractivity contribution is 0.132. The largest absolute Gasteiger partial charge is 0.465 e. The normalized spacial score (nSPS) is 16.1. The Morgan fingerprint density at radius 1 is 1.38 bits per heavy atom. The van der Waals surface area contributed by atoms with Gasteiger partial charge >= 0.3 is 6.09 Å². The fourth-order valence-electron chi connectivity index (χ4n) is 2.57. The predicted octanol–water partition coefficient (Wildman–Crippen LogP) is 3.81. The molecule has 0 radical (unpaired) electrons. The maximum absolute atomic E-state index is 13.2. The molecular formula is C15H15FN2O2S. The van der Waals surface area contributed by atoms with Crippen LogP contribution >= 0.6 is 11.3 Å². The van der Waals surface area contributed by atoms with Crippen LogP contribution in [0.3, 0.4) is 0 Å². The fraction of sp³-hybridized carbons (Fsp3) is 0.333. The second kappa shape index (κ2) is 5.81. The van der Waals surface area contributed by atoms with Crippen LogP contribution in [0.2, 0.25) is 0 Å². The van der Waals surface area contributed by atoms with Crippen molar-refractivity contribution in [1.82, 2.24) is 9.88 Å². The summed E-state index contributed by atoms with van der Waals surface area (Å²) in [5.41, 5.74) is 1.57. The summed E-state index contributed by atoms with van der Waals surface area (Å²) in [5, 5.41) is 11.9. The van der Waals surface area contributed by atoms with E-state index >= 15 is 0 Å². The Bertz CT molecular complexity index is 651. The Morgan fingerprint density at radius 2 is 2.14 bits per heavy atom. The Kier molecular flexibility index (Phi) is 3.88. The van der Waals surface area contributed by atoms with E-state index in [1.807, 2.05) is 11.4 Å². The molecule has 6 heteroatoms. The van der Waals surface area contributed by atoms with Gasteiger partial charge in [0.05, 0.1) is 10.7 Å². The molecule has 1 saturated heterocycles. The Hall–Kier alpha value is -1.95. The van der Waals surface area contributed by atoms with Gasteiger partial charge in [0.2, 0.25) is 0 Å². The number of amides is 1. The van der Waals surface area contributed by atoms with Gasteiger partial charge in [-0.3, -0.25) is 0 Å². The zero-order valence-corrected chi connectivity index (χ0v) is 12.1. The molecule has 4 nitrogen and oxygen atoms in total. The van der Waals surface area contributed by atoms with Gasteiger partial charge < -0.3 is 10.0 Å². The molecule has 1 fully saturated rings. The van der Waals surface area contributed by atoms with E-state index in [1.54, 1.807) is 17.4 Å². The lowest BCUT2D eigenvalue weighted by Crippen LogP contribution is -2.36. The number of hydrogen-bond acceptors (Lipinski definition) is 3. The molecular weight excluding hydrogens is 291 g/mol. The highest BCUT2D eigenvalue weighted by atomic mass is 32.1. The van der Waals surface area contributed by atoms with Gasteiger partial charge in [0, 0.05) is 30.0 Å². The molecule has 0 unspecified atom stereocenters. The fourth-order valence-corrected chi connectivity index (χ4v) is 3.57. The number of hydrogen-bond donors (Lipinski definition) is 1. The van der Waals surface area contributed by atoms with Crippen LogP contribution in [0.1, 0.15) is 23.8 Å². The standard InChI is InChI=1S/C15H15FN2O2S/c16-12-3-1-2-11(8-12)13-9-21-14(17-13)10-4-6-18(7-5-10)15(19)20/h1-3,8-10H,4-7H2,(H,19,20). The average Bonchev–Trinajstić information content (AvgIpc) is 2.97. The number of carbonyl (C=O) groups is 1. The van der Waals surface area contributed by atoms with Crippen molar-refractivity contribution in [2.24, 2.45) is 0 Å². The number of aromatic nitrogens is 1. The zero-order chi connectivity index (χ0) is 14.8. The van der Waals surface area contributed by atoms with E-state index in [-0.39, 0.29) is 5.82 Å². The van der Waals surface area contributed by atoms with Crippen LogP contribution in [-0.4, -0.2) is 34.2 Å². The molecule has 21 heavy (non-hydrogen) atoms. The summed E-state index contributed by atoms with van der Waals surface area (Å²) in [4.78, 5) is 16.9. The summed E-state index contributed by atoms with van der Waals surface area (Å²) in [6.45, 7) is 1.10. The van der Waals surface area contributed by atoms with Crippen LogP contribution < -0.4 is 0 Å². The van der Waals surface area contributed by atoms with Gasteiger partial charge in [0.15, 0.2) is 0 Å². The topological polar surface area (TPSA) is 53.4 Å². The van der Waals surface area contributed by atoms with Crippen LogP contribution in [0.4, 0.5) is 9.18 Å². The first-order valence-corrected chi connectivity index (χ1v) is 7.70. The minimum atomic E-state index is -0.854. The van der Waals surface area contributed by atoms with Gasteiger partial charge in [0.1, 0.15) is 5.82 Å². The number of carboxylic acid groups (broad SMARTS) is 1. The van der Waals surface area contributed by atoms with Crippen molar-refractivity contribution < 1.29 is 14.3 Å². The molecule has 2 aromatic rings. The predicted molar refractivity (Wildman–Crippen MR) is 79.1 cm³/mol. The molecule has 2 heterocycles. The highest BCUT2D eigenvalue weighted by Gasteiger charge is 2.25. The number of halogens is 1. The molecule has 1 aromatic heterocycles. The van der Waals surface area contributed by atoms with E-state index in [0.717, 1.165) is 29.1 Å². The summed E-state index contributed by atoms with van der Waals surface area (Å²) in [6, 6.07) is 6.41. The first-order chi connectivity index (χ1) is 10.1. The number of thiazole rings is 1. The first kappa shape index (κ1) is 14.0. The smallest absolute Gasteiger partial charge is 0.407 e. The van der Waals surface area contributed by atoms with E-state index in [0.29, 0.717) is 19.0 Å².